The van der Waals surface area contributed by atoms with E-state index in [1.807, 2.05) is 19.1 Å². The molecule has 1 aromatic rings. The van der Waals surface area contributed by atoms with Crippen LogP contribution in [0.3, 0.4) is 0 Å². The summed E-state index contributed by atoms with van der Waals surface area (Å²) in [7, 11) is -3.43. The number of hydrogen-bond acceptors (Lipinski definition) is 2. The van der Waals surface area contributed by atoms with Crippen LogP contribution in [0.5, 0.6) is 0 Å². The second kappa shape index (κ2) is 8.05. The lowest BCUT2D eigenvalue weighted by Gasteiger charge is -2.31. The Morgan fingerprint density at radius 1 is 1.12 bits per heavy atom. The molecule has 4 unspecified atom stereocenters. The maximum atomic E-state index is 12.8. The molecule has 0 saturated heterocycles. The molecule has 2 bridgehead atoms. The molecule has 0 amide bonds. The Morgan fingerprint density at radius 2 is 1.84 bits per heavy atom. The van der Waals surface area contributed by atoms with Crippen molar-refractivity contribution in [3.8, 4) is 0 Å². The number of unbranched alkanes of at least 4 members (excludes halogenated alkanes) is 2. The van der Waals surface area contributed by atoms with Crippen molar-refractivity contribution in [3.63, 3.8) is 0 Å². The van der Waals surface area contributed by atoms with Gasteiger partial charge in [-0.15, -0.1) is 0 Å². The summed E-state index contributed by atoms with van der Waals surface area (Å²) in [5, 5.41) is 0. The van der Waals surface area contributed by atoms with E-state index >= 15 is 0 Å². The number of allylic oxidation sites excluding steroid dienone is 2. The largest absolute Gasteiger partial charge is 0.240 e. The molecule has 4 atom stereocenters. The van der Waals surface area contributed by atoms with Crippen molar-refractivity contribution in [1.29, 1.82) is 0 Å². The first-order chi connectivity index (χ1) is 12.0. The molecule has 4 heteroatoms. The first kappa shape index (κ1) is 18.7. The molecule has 0 radical (unpaired) electrons. The van der Waals surface area contributed by atoms with Gasteiger partial charge in [-0.25, -0.2) is 13.1 Å². The molecule has 1 N–H and O–H groups in total. The first-order valence-corrected chi connectivity index (χ1v) is 11.2. The summed E-state index contributed by atoms with van der Waals surface area (Å²) in [6, 6.07) is 7.25. The van der Waals surface area contributed by atoms with E-state index in [9.17, 15) is 8.42 Å². The molecule has 0 spiro atoms. The van der Waals surface area contributed by atoms with Gasteiger partial charge in [0.1, 0.15) is 0 Å². The van der Waals surface area contributed by atoms with Gasteiger partial charge in [-0.3, -0.25) is 0 Å². The Hall–Kier alpha value is -1.13. The lowest BCUT2D eigenvalue weighted by atomic mass is 9.83. The van der Waals surface area contributed by atoms with E-state index in [1.54, 1.807) is 12.1 Å². The fourth-order valence-corrected chi connectivity index (χ4v) is 5.95. The van der Waals surface area contributed by atoms with Crippen LogP contribution < -0.4 is 4.72 Å². The monoisotopic (exact) mass is 361 g/mol. The number of fused-ring (bicyclic) bond motifs is 2. The number of benzene rings is 1. The van der Waals surface area contributed by atoms with Gasteiger partial charge in [0.05, 0.1) is 4.90 Å². The predicted octanol–water partition coefficient (Wildman–Crippen LogP) is 4.82. The third-order valence-corrected chi connectivity index (χ3v) is 7.49. The Balaban J connectivity index is 1.68. The van der Waals surface area contributed by atoms with Crippen LogP contribution in [0.4, 0.5) is 0 Å². The van der Waals surface area contributed by atoms with Crippen LogP contribution in [0, 0.1) is 24.7 Å². The average Bonchev–Trinajstić information content (AvgIpc) is 3.17. The summed E-state index contributed by atoms with van der Waals surface area (Å²) in [6.45, 7) is 4.18. The summed E-state index contributed by atoms with van der Waals surface area (Å²) in [6.07, 6.45) is 12.8. The Kier molecular flexibility index (Phi) is 6.00. The third kappa shape index (κ3) is 4.35. The van der Waals surface area contributed by atoms with E-state index in [0.29, 0.717) is 22.6 Å². The molecule has 2 fully saturated rings. The zero-order valence-electron chi connectivity index (χ0n) is 15.4. The molecule has 0 aromatic heterocycles. The molecule has 0 aliphatic heterocycles. The Labute approximate surface area is 153 Å². The van der Waals surface area contributed by atoms with E-state index in [1.165, 1.54) is 32.1 Å². The normalized spacial score (nSPS) is 28.9. The molecule has 3 rings (SSSR count). The third-order valence-electron chi connectivity index (χ3n) is 6.01. The van der Waals surface area contributed by atoms with Crippen LogP contribution >= 0.6 is 0 Å². The molecule has 3 nitrogen and oxygen atoms in total. The summed E-state index contributed by atoms with van der Waals surface area (Å²) >= 11 is 0. The van der Waals surface area contributed by atoms with E-state index in [0.717, 1.165) is 18.4 Å². The molecular formula is C21H31NO2S. The number of nitrogens with one attached hydrogen (secondary N) is 1. The second-order valence-electron chi connectivity index (χ2n) is 7.81. The first-order valence-electron chi connectivity index (χ1n) is 9.75. The van der Waals surface area contributed by atoms with E-state index in [-0.39, 0.29) is 6.04 Å². The van der Waals surface area contributed by atoms with Gasteiger partial charge in [-0.05, 0) is 68.9 Å². The maximum Gasteiger partial charge on any atom is 0.240 e. The fraction of sp³-hybridized carbons (Fsp3) is 0.619. The molecule has 138 valence electrons. The lowest BCUT2D eigenvalue weighted by Crippen LogP contribution is -2.43. The highest BCUT2D eigenvalue weighted by Gasteiger charge is 2.48. The molecule has 2 aliphatic carbocycles. The molecule has 2 aliphatic rings. The van der Waals surface area contributed by atoms with Gasteiger partial charge in [-0.2, -0.15) is 0 Å². The Bertz CT molecular complexity index is 693. The summed E-state index contributed by atoms with van der Waals surface area (Å²) < 4.78 is 28.7. The topological polar surface area (TPSA) is 46.2 Å². The minimum atomic E-state index is -3.43. The molecular weight excluding hydrogens is 330 g/mol. The minimum Gasteiger partial charge on any atom is -0.207 e. The van der Waals surface area contributed by atoms with Gasteiger partial charge in [0.2, 0.25) is 10.0 Å². The number of hydrogen-bond donors (Lipinski definition) is 1. The van der Waals surface area contributed by atoms with Gasteiger partial charge in [0.25, 0.3) is 0 Å². The number of sulfonamides is 1. The van der Waals surface area contributed by atoms with Crippen LogP contribution in [-0.4, -0.2) is 14.5 Å². The van der Waals surface area contributed by atoms with Crippen molar-refractivity contribution in [1.82, 2.24) is 4.72 Å². The molecule has 25 heavy (non-hydrogen) atoms. The number of rotatable bonds is 8. The van der Waals surface area contributed by atoms with E-state index in [4.69, 9.17) is 0 Å². The van der Waals surface area contributed by atoms with Crippen molar-refractivity contribution in [2.24, 2.45) is 17.8 Å². The van der Waals surface area contributed by atoms with Crippen molar-refractivity contribution < 1.29 is 8.42 Å². The highest BCUT2D eigenvalue weighted by molar-refractivity contribution is 7.89. The van der Waals surface area contributed by atoms with Crippen LogP contribution in [-0.2, 0) is 10.0 Å². The average molecular weight is 362 g/mol. The maximum absolute atomic E-state index is 12.8. The van der Waals surface area contributed by atoms with Gasteiger partial charge >= 0.3 is 0 Å². The van der Waals surface area contributed by atoms with Gasteiger partial charge in [0.15, 0.2) is 0 Å². The van der Waals surface area contributed by atoms with Crippen molar-refractivity contribution >= 4 is 10.0 Å². The molecule has 2 saturated carbocycles. The quantitative estimate of drug-likeness (QED) is 0.533. The van der Waals surface area contributed by atoms with Gasteiger partial charge < -0.3 is 0 Å². The van der Waals surface area contributed by atoms with Gasteiger partial charge in [-0.1, -0.05) is 49.6 Å². The van der Waals surface area contributed by atoms with Crippen LogP contribution in [0.2, 0.25) is 0 Å². The van der Waals surface area contributed by atoms with Crippen molar-refractivity contribution in [2.45, 2.75) is 69.7 Å². The zero-order chi connectivity index (χ0) is 17.9. The summed E-state index contributed by atoms with van der Waals surface area (Å²) in [4.78, 5) is 0.387. The standard InChI is InChI=1S/C21H31NO2S/c1-3-4-5-6-7-8-20-17-11-12-18(15-17)21(20)22-25(23,24)19-13-9-16(2)10-14-19/h6-7,9-10,13-14,17-18,20-22H,3-5,8,11-12,15H2,1-2H3. The SMILES string of the molecule is CCCCC=CCC1C2CCC(C2)C1NS(=O)(=O)c1ccc(C)cc1. The van der Waals surface area contributed by atoms with Gasteiger partial charge in [0, 0.05) is 6.04 Å². The smallest absolute Gasteiger partial charge is 0.207 e. The van der Waals surface area contributed by atoms with Crippen molar-refractivity contribution in [2.75, 3.05) is 0 Å². The lowest BCUT2D eigenvalue weighted by molar-refractivity contribution is 0.274. The van der Waals surface area contributed by atoms with E-state index in [2.05, 4.69) is 23.8 Å². The summed E-state index contributed by atoms with van der Waals surface area (Å²) in [5.41, 5.74) is 1.08. The highest BCUT2D eigenvalue weighted by Crippen LogP contribution is 2.50. The van der Waals surface area contributed by atoms with E-state index < -0.39 is 10.0 Å². The van der Waals surface area contributed by atoms with Crippen LogP contribution in [0.25, 0.3) is 0 Å². The fourth-order valence-electron chi connectivity index (χ4n) is 4.59. The highest BCUT2D eigenvalue weighted by atomic mass is 32.2. The zero-order valence-corrected chi connectivity index (χ0v) is 16.3. The Morgan fingerprint density at radius 3 is 2.56 bits per heavy atom. The van der Waals surface area contributed by atoms with Crippen molar-refractivity contribution in [3.05, 3.63) is 42.0 Å². The second-order valence-corrected chi connectivity index (χ2v) is 9.52. The summed E-state index contributed by atoms with van der Waals surface area (Å²) in [5.74, 6) is 1.66. The number of aryl methyl sites for hydroxylation is 1. The predicted molar refractivity (Wildman–Crippen MR) is 103 cm³/mol. The molecule has 1 aromatic carbocycles. The minimum absolute atomic E-state index is 0.0980. The van der Waals surface area contributed by atoms with Crippen LogP contribution in [0.15, 0.2) is 41.3 Å². The molecule has 0 heterocycles. The van der Waals surface area contributed by atoms with Crippen LogP contribution in [0.1, 0.15) is 57.4 Å².